The van der Waals surface area contributed by atoms with Crippen LogP contribution in [-0.4, -0.2) is 23.1 Å². The normalized spacial score (nSPS) is 11.4. The molecule has 0 unspecified atom stereocenters. The van der Waals surface area contributed by atoms with Crippen molar-refractivity contribution >= 4 is 10.1 Å². The number of aromatic nitrogens is 1. The third-order valence-corrected chi connectivity index (χ3v) is 1.99. The van der Waals surface area contributed by atoms with E-state index in [4.69, 9.17) is 9.66 Å². The predicted octanol–water partition coefficient (Wildman–Crippen LogP) is -0.673. The minimum atomic E-state index is -4.37. The molecular formula is C5H5NO5S. The van der Waals surface area contributed by atoms with Gasteiger partial charge in [-0.1, -0.05) is 0 Å². The molecule has 0 aliphatic carbocycles. The van der Waals surface area contributed by atoms with Crippen LogP contribution in [0.4, 0.5) is 0 Å². The zero-order valence-corrected chi connectivity index (χ0v) is 6.50. The van der Waals surface area contributed by atoms with E-state index in [1.807, 2.05) is 4.98 Å². The first kappa shape index (κ1) is 8.75. The average Bonchev–Trinajstić information content (AvgIpc) is 1.92. The Morgan fingerprint density at radius 2 is 2.00 bits per heavy atom. The van der Waals surface area contributed by atoms with Gasteiger partial charge in [0, 0.05) is 12.3 Å². The summed E-state index contributed by atoms with van der Waals surface area (Å²) < 4.78 is 29.3. The van der Waals surface area contributed by atoms with Crippen LogP contribution >= 0.6 is 0 Å². The molecule has 0 spiro atoms. The smallest absolute Gasteiger partial charge is 0.296 e. The highest BCUT2D eigenvalue weighted by atomic mass is 32.2. The second kappa shape index (κ2) is 2.61. The monoisotopic (exact) mass is 191 g/mol. The van der Waals surface area contributed by atoms with Crippen molar-refractivity contribution in [1.29, 1.82) is 0 Å². The van der Waals surface area contributed by atoms with Crippen molar-refractivity contribution < 1.29 is 18.1 Å². The van der Waals surface area contributed by atoms with E-state index in [0.717, 1.165) is 6.20 Å². The maximum atomic E-state index is 10.5. The van der Waals surface area contributed by atoms with E-state index in [2.05, 4.69) is 0 Å². The Hall–Kier alpha value is -1.34. The Labute approximate surface area is 67.2 Å². The van der Waals surface area contributed by atoms with Gasteiger partial charge < -0.3 is 10.1 Å². The van der Waals surface area contributed by atoms with E-state index in [-0.39, 0.29) is 0 Å². The molecule has 0 atom stereocenters. The first-order chi connectivity index (χ1) is 5.41. The standard InChI is InChI=1S/C5H5NO5S/c7-4-1-3(12(9,10)11)2-6-5(4)8/h1-2,7H,(H,6,8)(H,9,10,11). The Bertz CT molecular complexity index is 445. The van der Waals surface area contributed by atoms with Crippen molar-refractivity contribution in [2.24, 2.45) is 0 Å². The molecule has 1 aromatic heterocycles. The molecule has 0 fully saturated rings. The molecule has 0 amide bonds. The number of hydrogen-bond acceptors (Lipinski definition) is 4. The highest BCUT2D eigenvalue weighted by Crippen LogP contribution is 2.09. The lowest BCUT2D eigenvalue weighted by molar-refractivity contribution is 0.458. The summed E-state index contributed by atoms with van der Waals surface area (Å²) in [6, 6.07) is 0.661. The number of aromatic amines is 1. The summed E-state index contributed by atoms with van der Waals surface area (Å²) in [5.74, 6) is -0.759. The van der Waals surface area contributed by atoms with Crippen molar-refractivity contribution in [1.82, 2.24) is 4.98 Å². The van der Waals surface area contributed by atoms with Gasteiger partial charge in [0.25, 0.3) is 15.7 Å². The zero-order valence-electron chi connectivity index (χ0n) is 5.68. The maximum Gasteiger partial charge on any atom is 0.296 e. The molecule has 1 heterocycles. The highest BCUT2D eigenvalue weighted by molar-refractivity contribution is 7.85. The summed E-state index contributed by atoms with van der Waals surface area (Å²) in [5, 5.41) is 8.74. The quantitative estimate of drug-likeness (QED) is 0.510. The van der Waals surface area contributed by atoms with E-state index < -0.39 is 26.3 Å². The highest BCUT2D eigenvalue weighted by Gasteiger charge is 2.11. The van der Waals surface area contributed by atoms with E-state index in [1.54, 1.807) is 0 Å². The minimum absolute atomic E-state index is 0.556. The summed E-state index contributed by atoms with van der Waals surface area (Å²) >= 11 is 0. The topological polar surface area (TPSA) is 107 Å². The molecule has 3 N–H and O–H groups in total. The molecule has 0 saturated carbocycles. The molecule has 7 heteroatoms. The van der Waals surface area contributed by atoms with Crippen LogP contribution in [0.3, 0.4) is 0 Å². The Morgan fingerprint density at radius 3 is 2.42 bits per heavy atom. The van der Waals surface area contributed by atoms with Crippen LogP contribution in [0.2, 0.25) is 0 Å². The molecule has 6 nitrogen and oxygen atoms in total. The van der Waals surface area contributed by atoms with Crippen LogP contribution in [-0.2, 0) is 10.1 Å². The van der Waals surface area contributed by atoms with Crippen LogP contribution in [0.5, 0.6) is 5.75 Å². The van der Waals surface area contributed by atoms with Gasteiger partial charge in [-0.25, -0.2) is 0 Å². The van der Waals surface area contributed by atoms with Crippen LogP contribution < -0.4 is 5.56 Å². The Balaban J connectivity index is 3.43. The second-order valence-electron chi connectivity index (χ2n) is 2.02. The number of nitrogens with one attached hydrogen (secondary N) is 1. The molecule has 1 aromatic rings. The molecule has 66 valence electrons. The first-order valence-electron chi connectivity index (χ1n) is 2.80. The Morgan fingerprint density at radius 1 is 1.42 bits per heavy atom. The lowest BCUT2D eigenvalue weighted by Gasteiger charge is -1.95. The molecule has 0 saturated heterocycles. The van der Waals surface area contributed by atoms with Gasteiger partial charge in [-0.3, -0.25) is 9.35 Å². The van der Waals surface area contributed by atoms with Crippen molar-refractivity contribution in [2.75, 3.05) is 0 Å². The molecule has 0 aliphatic heterocycles. The SMILES string of the molecule is O=c1[nH]cc(S(=O)(=O)O)cc1O. The number of hydrogen-bond donors (Lipinski definition) is 3. The fourth-order valence-electron chi connectivity index (χ4n) is 0.602. The van der Waals surface area contributed by atoms with E-state index in [0.29, 0.717) is 6.07 Å². The van der Waals surface area contributed by atoms with Crippen molar-refractivity contribution in [2.45, 2.75) is 4.90 Å². The summed E-state index contributed by atoms with van der Waals surface area (Å²) in [4.78, 5) is 11.9. The van der Waals surface area contributed by atoms with Gasteiger partial charge in [-0.15, -0.1) is 0 Å². The summed E-state index contributed by atoms with van der Waals surface area (Å²) in [5.41, 5.74) is -0.817. The van der Waals surface area contributed by atoms with Crippen LogP contribution in [0.25, 0.3) is 0 Å². The van der Waals surface area contributed by atoms with Gasteiger partial charge in [-0.2, -0.15) is 8.42 Å². The van der Waals surface area contributed by atoms with E-state index in [1.165, 1.54) is 0 Å². The third kappa shape index (κ3) is 1.63. The summed E-state index contributed by atoms with van der Waals surface area (Å²) in [6.07, 6.45) is 0.789. The van der Waals surface area contributed by atoms with E-state index in [9.17, 15) is 13.2 Å². The maximum absolute atomic E-state index is 10.5. The number of aromatic hydroxyl groups is 1. The summed E-state index contributed by atoms with van der Waals surface area (Å²) in [7, 11) is -4.37. The zero-order chi connectivity index (χ0) is 9.35. The van der Waals surface area contributed by atoms with Crippen LogP contribution in [0, 0.1) is 0 Å². The number of rotatable bonds is 1. The molecule has 0 bridgehead atoms. The molecular weight excluding hydrogens is 186 g/mol. The molecule has 0 aliphatic rings. The molecule has 12 heavy (non-hydrogen) atoms. The number of H-pyrrole nitrogens is 1. The van der Waals surface area contributed by atoms with Gasteiger partial charge >= 0.3 is 0 Å². The van der Waals surface area contributed by atoms with Crippen molar-refractivity contribution in [3.63, 3.8) is 0 Å². The molecule has 1 rings (SSSR count). The van der Waals surface area contributed by atoms with E-state index >= 15 is 0 Å². The first-order valence-corrected chi connectivity index (χ1v) is 4.24. The fourth-order valence-corrected chi connectivity index (χ4v) is 1.07. The third-order valence-electron chi connectivity index (χ3n) is 1.15. The van der Waals surface area contributed by atoms with Gasteiger partial charge in [0.2, 0.25) is 0 Å². The lowest BCUT2D eigenvalue weighted by atomic mass is 10.5. The number of pyridine rings is 1. The predicted molar refractivity (Wildman–Crippen MR) is 38.5 cm³/mol. The fraction of sp³-hybridized carbons (Fsp3) is 0. The Kier molecular flexibility index (Phi) is 1.90. The molecule has 0 radical (unpaired) electrons. The van der Waals surface area contributed by atoms with Crippen LogP contribution in [0.1, 0.15) is 0 Å². The van der Waals surface area contributed by atoms with Crippen molar-refractivity contribution in [3.8, 4) is 5.75 Å². The van der Waals surface area contributed by atoms with Gasteiger partial charge in [-0.05, 0) is 0 Å². The van der Waals surface area contributed by atoms with Gasteiger partial charge in [0.1, 0.15) is 4.90 Å². The minimum Gasteiger partial charge on any atom is -0.503 e. The van der Waals surface area contributed by atoms with Crippen LogP contribution in [0.15, 0.2) is 22.0 Å². The van der Waals surface area contributed by atoms with Gasteiger partial charge in [0.15, 0.2) is 5.75 Å². The molecule has 0 aromatic carbocycles. The largest absolute Gasteiger partial charge is 0.503 e. The van der Waals surface area contributed by atoms with Gasteiger partial charge in [0.05, 0.1) is 0 Å². The average molecular weight is 191 g/mol. The second-order valence-corrected chi connectivity index (χ2v) is 3.45. The lowest BCUT2D eigenvalue weighted by Crippen LogP contribution is -2.07. The van der Waals surface area contributed by atoms with Crippen molar-refractivity contribution in [3.05, 3.63) is 22.6 Å². The summed E-state index contributed by atoms with van der Waals surface area (Å²) in [6.45, 7) is 0.